The number of carbonyl (C=O) groups is 1. The van der Waals surface area contributed by atoms with Gasteiger partial charge in [-0.25, -0.2) is 0 Å². The van der Waals surface area contributed by atoms with Gasteiger partial charge in [-0.2, -0.15) is 5.26 Å². The first kappa shape index (κ1) is 13.1. The number of halogens is 1. The normalized spacial score (nSPS) is 16.4. The van der Waals surface area contributed by atoms with E-state index in [1.165, 1.54) is 0 Å². The molecule has 18 heavy (non-hydrogen) atoms. The number of piperidine rings is 1. The molecular formula is C14H15BrN2O. The van der Waals surface area contributed by atoms with Crippen molar-refractivity contribution >= 4 is 21.8 Å². The summed E-state index contributed by atoms with van der Waals surface area (Å²) in [4.78, 5) is 14.2. The highest BCUT2D eigenvalue weighted by Crippen LogP contribution is 2.23. The van der Waals surface area contributed by atoms with E-state index in [2.05, 4.69) is 28.9 Å². The molecule has 1 saturated heterocycles. The number of nitriles is 1. The standard InChI is InChI=1S/C14H15BrN2O/c1-10-4-6-17(7-5-10)14(18)12-3-2-11(9-16)8-13(12)15/h2-3,8,10H,4-7H2,1H3. The molecule has 0 radical (unpaired) electrons. The van der Waals surface area contributed by atoms with Gasteiger partial charge in [-0.15, -0.1) is 0 Å². The molecule has 3 nitrogen and oxygen atoms in total. The fraction of sp³-hybridized carbons (Fsp3) is 0.429. The van der Waals surface area contributed by atoms with Crippen LogP contribution in [0.5, 0.6) is 0 Å². The van der Waals surface area contributed by atoms with E-state index >= 15 is 0 Å². The van der Waals surface area contributed by atoms with Crippen molar-refractivity contribution in [2.45, 2.75) is 19.8 Å². The van der Waals surface area contributed by atoms with E-state index in [0.717, 1.165) is 25.9 Å². The molecule has 0 N–H and O–H groups in total. The van der Waals surface area contributed by atoms with Gasteiger partial charge in [0.05, 0.1) is 17.2 Å². The average Bonchev–Trinajstić information content (AvgIpc) is 2.38. The van der Waals surface area contributed by atoms with Crippen LogP contribution in [0.25, 0.3) is 0 Å². The van der Waals surface area contributed by atoms with Crippen LogP contribution in [-0.2, 0) is 0 Å². The maximum atomic E-state index is 12.3. The number of likely N-dealkylation sites (tertiary alicyclic amines) is 1. The van der Waals surface area contributed by atoms with Gasteiger partial charge in [0.1, 0.15) is 0 Å². The van der Waals surface area contributed by atoms with Crippen molar-refractivity contribution in [2.75, 3.05) is 13.1 Å². The summed E-state index contributed by atoms with van der Waals surface area (Å²) in [6, 6.07) is 7.17. The van der Waals surface area contributed by atoms with Crippen molar-refractivity contribution in [3.8, 4) is 6.07 Å². The maximum absolute atomic E-state index is 12.3. The van der Waals surface area contributed by atoms with Crippen LogP contribution in [0.1, 0.15) is 35.7 Å². The van der Waals surface area contributed by atoms with Gasteiger partial charge in [0.25, 0.3) is 5.91 Å². The summed E-state index contributed by atoms with van der Waals surface area (Å²) in [7, 11) is 0. The van der Waals surface area contributed by atoms with Gasteiger partial charge >= 0.3 is 0 Å². The highest BCUT2D eigenvalue weighted by atomic mass is 79.9. The summed E-state index contributed by atoms with van der Waals surface area (Å²) in [5, 5.41) is 8.80. The molecule has 0 bridgehead atoms. The molecular weight excluding hydrogens is 292 g/mol. The summed E-state index contributed by atoms with van der Waals surface area (Å²) in [5.41, 5.74) is 1.20. The molecule has 1 aliphatic heterocycles. The largest absolute Gasteiger partial charge is 0.339 e. The van der Waals surface area contributed by atoms with Crippen molar-refractivity contribution in [3.63, 3.8) is 0 Å². The molecule has 1 aromatic rings. The summed E-state index contributed by atoms with van der Waals surface area (Å²) in [5.74, 6) is 0.761. The molecule has 0 aliphatic carbocycles. The molecule has 94 valence electrons. The lowest BCUT2D eigenvalue weighted by atomic mass is 9.98. The first-order valence-corrected chi connectivity index (χ1v) is 6.90. The number of carbonyl (C=O) groups excluding carboxylic acids is 1. The van der Waals surface area contributed by atoms with E-state index in [1.807, 2.05) is 4.90 Å². The predicted octanol–water partition coefficient (Wildman–Crippen LogP) is 3.19. The number of rotatable bonds is 1. The molecule has 1 amide bonds. The van der Waals surface area contributed by atoms with Crippen LogP contribution in [0.4, 0.5) is 0 Å². The molecule has 0 atom stereocenters. The fourth-order valence-electron chi connectivity index (χ4n) is 2.14. The van der Waals surface area contributed by atoms with Gasteiger partial charge in [-0.3, -0.25) is 4.79 Å². The molecule has 1 aliphatic rings. The lowest BCUT2D eigenvalue weighted by molar-refractivity contribution is 0.0696. The number of hydrogen-bond acceptors (Lipinski definition) is 2. The zero-order valence-corrected chi connectivity index (χ0v) is 11.9. The monoisotopic (exact) mass is 306 g/mol. The fourth-order valence-corrected chi connectivity index (χ4v) is 2.69. The molecule has 0 spiro atoms. The lowest BCUT2D eigenvalue weighted by Crippen LogP contribution is -2.38. The average molecular weight is 307 g/mol. The zero-order valence-electron chi connectivity index (χ0n) is 10.3. The minimum Gasteiger partial charge on any atom is -0.339 e. The summed E-state index contributed by atoms with van der Waals surface area (Å²) in [6.45, 7) is 3.87. The Morgan fingerprint density at radius 2 is 2.11 bits per heavy atom. The predicted molar refractivity (Wildman–Crippen MR) is 73.2 cm³/mol. The van der Waals surface area contributed by atoms with E-state index < -0.39 is 0 Å². The van der Waals surface area contributed by atoms with Crippen LogP contribution < -0.4 is 0 Å². The van der Waals surface area contributed by atoms with Gasteiger partial charge in [-0.1, -0.05) is 6.92 Å². The summed E-state index contributed by atoms with van der Waals surface area (Å²) < 4.78 is 0.699. The molecule has 1 heterocycles. The Labute approximate surface area is 116 Å². The molecule has 2 rings (SSSR count). The highest BCUT2D eigenvalue weighted by Gasteiger charge is 2.22. The maximum Gasteiger partial charge on any atom is 0.254 e. The molecule has 1 aromatic carbocycles. The first-order chi connectivity index (χ1) is 8.61. The summed E-state index contributed by atoms with van der Waals surface area (Å²) >= 11 is 3.37. The van der Waals surface area contributed by atoms with Crippen LogP contribution in [0.15, 0.2) is 22.7 Å². The Hall–Kier alpha value is -1.34. The van der Waals surface area contributed by atoms with Gasteiger partial charge in [0.2, 0.25) is 0 Å². The van der Waals surface area contributed by atoms with Crippen molar-refractivity contribution in [1.29, 1.82) is 5.26 Å². The Bertz CT molecular complexity index is 499. The van der Waals surface area contributed by atoms with E-state index in [1.54, 1.807) is 18.2 Å². The third kappa shape index (κ3) is 2.73. The lowest BCUT2D eigenvalue weighted by Gasteiger charge is -2.30. The van der Waals surface area contributed by atoms with E-state index in [4.69, 9.17) is 5.26 Å². The molecule has 0 saturated carbocycles. The molecule has 0 unspecified atom stereocenters. The number of hydrogen-bond donors (Lipinski definition) is 0. The number of amides is 1. The summed E-state index contributed by atoms with van der Waals surface area (Å²) in [6.07, 6.45) is 2.14. The van der Waals surface area contributed by atoms with Crippen molar-refractivity contribution in [2.24, 2.45) is 5.92 Å². The van der Waals surface area contributed by atoms with Crippen LogP contribution in [0.2, 0.25) is 0 Å². The smallest absolute Gasteiger partial charge is 0.254 e. The van der Waals surface area contributed by atoms with Crippen LogP contribution in [0.3, 0.4) is 0 Å². The first-order valence-electron chi connectivity index (χ1n) is 6.10. The van der Waals surface area contributed by atoms with Gasteiger partial charge in [-0.05, 0) is 52.9 Å². The van der Waals surface area contributed by atoms with Crippen LogP contribution in [-0.4, -0.2) is 23.9 Å². The van der Waals surface area contributed by atoms with Crippen molar-refractivity contribution in [1.82, 2.24) is 4.90 Å². The van der Waals surface area contributed by atoms with Crippen molar-refractivity contribution in [3.05, 3.63) is 33.8 Å². The van der Waals surface area contributed by atoms with E-state index in [-0.39, 0.29) is 5.91 Å². The van der Waals surface area contributed by atoms with Gasteiger partial charge in [0.15, 0.2) is 0 Å². The minimum atomic E-state index is 0.0539. The quantitative estimate of drug-likeness (QED) is 0.800. The highest BCUT2D eigenvalue weighted by molar-refractivity contribution is 9.10. The Kier molecular flexibility index (Phi) is 4.03. The second kappa shape index (κ2) is 5.53. The second-order valence-electron chi connectivity index (χ2n) is 4.78. The Morgan fingerprint density at radius 3 is 2.67 bits per heavy atom. The molecule has 1 fully saturated rings. The minimum absolute atomic E-state index is 0.0539. The Balaban J connectivity index is 2.17. The van der Waals surface area contributed by atoms with Gasteiger partial charge < -0.3 is 4.90 Å². The van der Waals surface area contributed by atoms with Crippen LogP contribution >= 0.6 is 15.9 Å². The number of benzene rings is 1. The third-order valence-electron chi connectivity index (χ3n) is 3.40. The Morgan fingerprint density at radius 1 is 1.44 bits per heavy atom. The van der Waals surface area contributed by atoms with Crippen LogP contribution in [0, 0.1) is 17.2 Å². The van der Waals surface area contributed by atoms with Gasteiger partial charge in [0, 0.05) is 17.6 Å². The second-order valence-corrected chi connectivity index (χ2v) is 5.64. The zero-order chi connectivity index (χ0) is 13.1. The van der Waals surface area contributed by atoms with E-state index in [0.29, 0.717) is 21.5 Å². The topological polar surface area (TPSA) is 44.1 Å². The SMILES string of the molecule is CC1CCN(C(=O)c2ccc(C#N)cc2Br)CC1. The molecule has 4 heteroatoms. The number of nitrogens with zero attached hydrogens (tertiary/aromatic N) is 2. The molecule has 0 aromatic heterocycles. The van der Waals surface area contributed by atoms with Crippen molar-refractivity contribution < 1.29 is 4.79 Å². The third-order valence-corrected chi connectivity index (χ3v) is 4.06. The van der Waals surface area contributed by atoms with E-state index in [9.17, 15) is 4.79 Å².